The second-order valence-corrected chi connectivity index (χ2v) is 7.29. The number of amides is 2. The fraction of sp³-hybridized carbons (Fsp3) is 0.450. The molecule has 1 aromatic carbocycles. The zero-order valence-corrected chi connectivity index (χ0v) is 15.9. The number of urea groups is 1. The van der Waals surface area contributed by atoms with Gasteiger partial charge in [-0.05, 0) is 30.2 Å². The highest BCUT2D eigenvalue weighted by molar-refractivity contribution is 5.90. The van der Waals surface area contributed by atoms with Gasteiger partial charge in [0.15, 0.2) is 0 Å². The summed E-state index contributed by atoms with van der Waals surface area (Å²) in [5.74, 6) is 1.00. The molecule has 0 spiro atoms. The van der Waals surface area contributed by atoms with Crippen LogP contribution in [0.1, 0.15) is 25.2 Å². The summed E-state index contributed by atoms with van der Waals surface area (Å²) in [4.78, 5) is 16.6. The molecule has 2 amide bonds. The maximum atomic E-state index is 13.2. The Morgan fingerprint density at radius 1 is 1.21 bits per heavy atom. The van der Waals surface area contributed by atoms with Crippen molar-refractivity contribution in [3.8, 4) is 0 Å². The molecule has 1 fully saturated rings. The number of alkyl halides is 3. The fourth-order valence-electron chi connectivity index (χ4n) is 3.49. The van der Waals surface area contributed by atoms with Crippen molar-refractivity contribution in [1.82, 2.24) is 9.80 Å². The molecule has 28 heavy (non-hydrogen) atoms. The molecule has 152 valence electrons. The number of furan rings is 1. The summed E-state index contributed by atoms with van der Waals surface area (Å²) < 4.78 is 45.0. The van der Waals surface area contributed by atoms with Crippen LogP contribution in [0.3, 0.4) is 0 Å². The maximum absolute atomic E-state index is 13.2. The molecule has 5 nitrogen and oxygen atoms in total. The third-order valence-corrected chi connectivity index (χ3v) is 4.97. The number of anilines is 1. The van der Waals surface area contributed by atoms with Crippen molar-refractivity contribution >= 4 is 11.7 Å². The predicted molar refractivity (Wildman–Crippen MR) is 99.8 cm³/mol. The Hall–Kier alpha value is -2.48. The van der Waals surface area contributed by atoms with E-state index < -0.39 is 17.8 Å². The summed E-state index contributed by atoms with van der Waals surface area (Å²) in [6.45, 7) is 6.34. The summed E-state index contributed by atoms with van der Waals surface area (Å²) in [7, 11) is 0. The number of rotatable bonds is 4. The van der Waals surface area contributed by atoms with Crippen LogP contribution in [0, 0.1) is 5.92 Å². The Morgan fingerprint density at radius 3 is 2.61 bits per heavy atom. The highest BCUT2D eigenvalue weighted by Crippen LogP contribution is 2.35. The number of carbonyl (C=O) groups is 1. The summed E-state index contributed by atoms with van der Waals surface area (Å²) in [5, 5.41) is 2.46. The van der Waals surface area contributed by atoms with E-state index in [2.05, 4.69) is 10.2 Å². The van der Waals surface area contributed by atoms with E-state index in [4.69, 9.17) is 4.42 Å². The molecule has 1 aliphatic rings. The van der Waals surface area contributed by atoms with Crippen molar-refractivity contribution < 1.29 is 22.4 Å². The minimum absolute atomic E-state index is 0.109. The molecule has 1 N–H and O–H groups in total. The lowest BCUT2D eigenvalue weighted by atomic mass is 9.99. The lowest BCUT2D eigenvalue weighted by Crippen LogP contribution is -2.57. The molecule has 1 atom stereocenters. The summed E-state index contributed by atoms with van der Waals surface area (Å²) in [6, 6.07) is 8.15. The number of hydrogen-bond donors (Lipinski definition) is 1. The number of benzene rings is 1. The first-order valence-corrected chi connectivity index (χ1v) is 9.24. The normalized spacial score (nSPS) is 18.5. The number of halogens is 3. The lowest BCUT2D eigenvalue weighted by molar-refractivity contribution is -0.136. The van der Waals surface area contributed by atoms with Crippen LogP contribution in [0.2, 0.25) is 0 Å². The highest BCUT2D eigenvalue weighted by atomic mass is 19.4. The zero-order valence-electron chi connectivity index (χ0n) is 15.9. The third kappa shape index (κ3) is 4.67. The van der Waals surface area contributed by atoms with E-state index in [-0.39, 0.29) is 17.6 Å². The van der Waals surface area contributed by atoms with E-state index in [1.807, 2.05) is 26.0 Å². The third-order valence-electron chi connectivity index (χ3n) is 4.97. The zero-order chi connectivity index (χ0) is 20.3. The largest absolute Gasteiger partial charge is 0.468 e. The van der Waals surface area contributed by atoms with Gasteiger partial charge in [0.25, 0.3) is 0 Å². The van der Waals surface area contributed by atoms with Crippen LogP contribution in [0.4, 0.5) is 23.7 Å². The molecule has 2 heterocycles. The summed E-state index contributed by atoms with van der Waals surface area (Å²) in [6.07, 6.45) is -2.90. The van der Waals surface area contributed by atoms with Crippen molar-refractivity contribution in [3.05, 3.63) is 54.0 Å². The minimum atomic E-state index is -4.52. The fourth-order valence-corrected chi connectivity index (χ4v) is 3.49. The quantitative estimate of drug-likeness (QED) is 0.818. The Labute approximate surface area is 162 Å². The van der Waals surface area contributed by atoms with Crippen molar-refractivity contribution in [1.29, 1.82) is 0 Å². The van der Waals surface area contributed by atoms with E-state index in [1.54, 1.807) is 11.2 Å². The molecule has 0 bridgehead atoms. The second kappa shape index (κ2) is 8.26. The second-order valence-electron chi connectivity index (χ2n) is 7.29. The van der Waals surface area contributed by atoms with E-state index in [1.165, 1.54) is 18.2 Å². The molecule has 0 unspecified atom stereocenters. The maximum Gasteiger partial charge on any atom is 0.418 e. The molecule has 0 radical (unpaired) electrons. The molecular formula is C20H24F3N3O2. The topological polar surface area (TPSA) is 48.7 Å². The molecular weight excluding hydrogens is 371 g/mol. The standard InChI is InChI=1S/C20H24F3N3O2/c1-14(2)18-13-25(12-15-6-5-11-28-15)9-10-26(18)19(27)24-17-8-4-3-7-16(17)20(21,22)23/h3-8,11,14,18H,9-10,12-13H2,1-2H3,(H,24,27)/t18-/m1/s1. The van der Waals surface area contributed by atoms with E-state index in [0.29, 0.717) is 26.2 Å². The van der Waals surface area contributed by atoms with Gasteiger partial charge in [-0.1, -0.05) is 26.0 Å². The first-order chi connectivity index (χ1) is 13.3. The SMILES string of the molecule is CC(C)[C@H]1CN(Cc2ccco2)CCN1C(=O)Nc1ccccc1C(F)(F)F. The molecule has 2 aromatic rings. The lowest BCUT2D eigenvalue weighted by Gasteiger charge is -2.43. The monoisotopic (exact) mass is 395 g/mol. The number of para-hydroxylation sites is 1. The van der Waals surface area contributed by atoms with Gasteiger partial charge >= 0.3 is 12.2 Å². The van der Waals surface area contributed by atoms with Gasteiger partial charge in [0.05, 0.1) is 24.1 Å². The average Bonchev–Trinajstić information content (AvgIpc) is 3.14. The number of carbonyl (C=O) groups excluding carboxylic acids is 1. The van der Waals surface area contributed by atoms with E-state index in [9.17, 15) is 18.0 Å². The summed E-state index contributed by atoms with van der Waals surface area (Å²) >= 11 is 0. The average molecular weight is 395 g/mol. The van der Waals surface area contributed by atoms with Crippen molar-refractivity contribution in [2.45, 2.75) is 32.6 Å². The number of nitrogens with one attached hydrogen (secondary N) is 1. The van der Waals surface area contributed by atoms with Crippen LogP contribution in [0.25, 0.3) is 0 Å². The van der Waals surface area contributed by atoms with Gasteiger partial charge in [-0.2, -0.15) is 13.2 Å². The molecule has 1 aromatic heterocycles. The smallest absolute Gasteiger partial charge is 0.418 e. The van der Waals surface area contributed by atoms with Crippen LogP contribution in [0.15, 0.2) is 47.1 Å². The van der Waals surface area contributed by atoms with Crippen molar-refractivity contribution in [2.24, 2.45) is 5.92 Å². The molecule has 8 heteroatoms. The van der Waals surface area contributed by atoms with Crippen LogP contribution in [-0.4, -0.2) is 41.5 Å². The van der Waals surface area contributed by atoms with Gasteiger partial charge in [-0.25, -0.2) is 4.79 Å². The number of nitrogens with zero attached hydrogens (tertiary/aromatic N) is 2. The molecule has 1 saturated heterocycles. The first kappa shape index (κ1) is 20.3. The molecule has 3 rings (SSSR count). The Balaban J connectivity index is 1.71. The van der Waals surface area contributed by atoms with Crippen molar-refractivity contribution in [2.75, 3.05) is 25.0 Å². The Bertz CT molecular complexity index is 790. The first-order valence-electron chi connectivity index (χ1n) is 9.24. The van der Waals surface area contributed by atoms with Crippen LogP contribution in [0.5, 0.6) is 0 Å². The highest BCUT2D eigenvalue weighted by Gasteiger charge is 2.36. The van der Waals surface area contributed by atoms with Gasteiger partial charge in [0.1, 0.15) is 5.76 Å². The van der Waals surface area contributed by atoms with Crippen LogP contribution >= 0.6 is 0 Å². The minimum Gasteiger partial charge on any atom is -0.468 e. The Kier molecular flexibility index (Phi) is 5.98. The van der Waals surface area contributed by atoms with E-state index in [0.717, 1.165) is 11.8 Å². The van der Waals surface area contributed by atoms with Gasteiger partial charge in [0, 0.05) is 25.7 Å². The molecule has 0 saturated carbocycles. The van der Waals surface area contributed by atoms with Gasteiger partial charge in [0.2, 0.25) is 0 Å². The molecule has 1 aliphatic heterocycles. The number of hydrogen-bond acceptors (Lipinski definition) is 3. The van der Waals surface area contributed by atoms with Gasteiger partial charge < -0.3 is 14.6 Å². The summed E-state index contributed by atoms with van der Waals surface area (Å²) in [5.41, 5.74) is -1.07. The van der Waals surface area contributed by atoms with Crippen LogP contribution in [-0.2, 0) is 12.7 Å². The van der Waals surface area contributed by atoms with Crippen LogP contribution < -0.4 is 5.32 Å². The Morgan fingerprint density at radius 2 is 1.96 bits per heavy atom. The van der Waals surface area contributed by atoms with Gasteiger partial charge in [-0.15, -0.1) is 0 Å². The predicted octanol–water partition coefficient (Wildman–Crippen LogP) is 4.67. The van der Waals surface area contributed by atoms with Gasteiger partial charge in [-0.3, -0.25) is 4.90 Å². The van der Waals surface area contributed by atoms with E-state index >= 15 is 0 Å². The number of piperazine rings is 1. The van der Waals surface area contributed by atoms with Crippen molar-refractivity contribution in [3.63, 3.8) is 0 Å². The molecule has 0 aliphatic carbocycles.